The predicted octanol–water partition coefficient (Wildman–Crippen LogP) is 2.11. The number of piperazine rings is 1. The Labute approximate surface area is 145 Å². The van der Waals surface area contributed by atoms with Crippen molar-refractivity contribution in [1.82, 2.24) is 15.2 Å². The fourth-order valence-electron chi connectivity index (χ4n) is 2.88. The number of benzene rings is 1. The van der Waals surface area contributed by atoms with Gasteiger partial charge in [0.25, 0.3) is 0 Å². The number of thiazole rings is 1. The van der Waals surface area contributed by atoms with E-state index >= 15 is 0 Å². The fraction of sp³-hybridized carbons (Fsp3) is 0.412. The zero-order valence-electron chi connectivity index (χ0n) is 13.6. The van der Waals surface area contributed by atoms with E-state index in [4.69, 9.17) is 0 Å². The molecule has 1 N–H and O–H groups in total. The zero-order chi connectivity index (χ0) is 16.9. The first-order valence-corrected chi connectivity index (χ1v) is 8.89. The molecule has 7 heteroatoms. The minimum absolute atomic E-state index is 0.00535. The molecule has 5 nitrogen and oxygen atoms in total. The van der Waals surface area contributed by atoms with Gasteiger partial charge in [0, 0.05) is 43.8 Å². The highest BCUT2D eigenvalue weighted by Gasteiger charge is 2.26. The lowest BCUT2D eigenvalue weighted by Crippen LogP contribution is -2.54. The highest BCUT2D eigenvalue weighted by Crippen LogP contribution is 2.22. The molecule has 1 fully saturated rings. The molecule has 128 valence electrons. The van der Waals surface area contributed by atoms with E-state index in [1.54, 1.807) is 23.5 Å². The topological polar surface area (TPSA) is 48.5 Å². The number of aromatic nitrogens is 1. The van der Waals surface area contributed by atoms with Crippen LogP contribution >= 0.6 is 11.3 Å². The molecule has 24 heavy (non-hydrogen) atoms. The Kier molecular flexibility index (Phi) is 5.42. The monoisotopic (exact) mass is 348 g/mol. The third kappa shape index (κ3) is 4.30. The van der Waals surface area contributed by atoms with Gasteiger partial charge in [0.05, 0.1) is 6.54 Å². The first-order valence-electron chi connectivity index (χ1n) is 8.01. The Morgan fingerprint density at radius 2 is 2.17 bits per heavy atom. The van der Waals surface area contributed by atoms with Gasteiger partial charge < -0.3 is 10.2 Å². The maximum absolute atomic E-state index is 12.9. The quantitative estimate of drug-likeness (QED) is 0.899. The smallest absolute Gasteiger partial charge is 0.234 e. The molecule has 0 unspecified atom stereocenters. The van der Waals surface area contributed by atoms with Gasteiger partial charge in [-0.15, -0.1) is 11.3 Å². The van der Waals surface area contributed by atoms with Gasteiger partial charge in [0.15, 0.2) is 5.13 Å². The van der Waals surface area contributed by atoms with Crippen LogP contribution < -0.4 is 10.2 Å². The molecule has 1 aromatic carbocycles. The predicted molar refractivity (Wildman–Crippen MR) is 93.6 cm³/mol. The number of hydrogen-bond donors (Lipinski definition) is 1. The lowest BCUT2D eigenvalue weighted by molar-refractivity contribution is -0.122. The Hall–Kier alpha value is -1.99. The second-order valence-corrected chi connectivity index (χ2v) is 6.87. The molecule has 3 rings (SSSR count). The third-order valence-corrected chi connectivity index (χ3v) is 4.96. The number of carbonyl (C=O) groups excluding carboxylic acids is 1. The van der Waals surface area contributed by atoms with E-state index in [2.05, 4.69) is 27.0 Å². The van der Waals surface area contributed by atoms with Crippen molar-refractivity contribution >= 4 is 22.4 Å². The van der Waals surface area contributed by atoms with E-state index in [1.807, 2.05) is 11.6 Å². The van der Waals surface area contributed by atoms with Crippen molar-refractivity contribution in [1.29, 1.82) is 0 Å². The summed E-state index contributed by atoms with van der Waals surface area (Å²) in [4.78, 5) is 20.9. The summed E-state index contributed by atoms with van der Waals surface area (Å²) in [5, 5.41) is 5.92. The summed E-state index contributed by atoms with van der Waals surface area (Å²) >= 11 is 1.65. The van der Waals surface area contributed by atoms with Crippen LogP contribution in [0, 0.1) is 5.82 Å². The number of carbonyl (C=O) groups is 1. The van der Waals surface area contributed by atoms with Crippen LogP contribution in [-0.4, -0.2) is 48.0 Å². The zero-order valence-corrected chi connectivity index (χ0v) is 14.4. The van der Waals surface area contributed by atoms with Crippen molar-refractivity contribution in [3.05, 3.63) is 47.2 Å². The molecule has 0 bridgehead atoms. The standard InChI is InChI=1S/C17H21FN4OS/c1-13-11-21(7-8-22(13)17-19-6-9-24-17)12-16(23)20-10-14-2-4-15(18)5-3-14/h2-6,9,13H,7-8,10-12H2,1H3,(H,20,23)/t13-/m0/s1. The van der Waals surface area contributed by atoms with Crippen LogP contribution in [0.5, 0.6) is 0 Å². The van der Waals surface area contributed by atoms with E-state index < -0.39 is 0 Å². The largest absolute Gasteiger partial charge is 0.351 e. The van der Waals surface area contributed by atoms with Crippen molar-refractivity contribution in [3.8, 4) is 0 Å². The van der Waals surface area contributed by atoms with Gasteiger partial charge in [0.1, 0.15) is 5.82 Å². The van der Waals surface area contributed by atoms with Crippen LogP contribution in [0.3, 0.4) is 0 Å². The van der Waals surface area contributed by atoms with Gasteiger partial charge in [-0.3, -0.25) is 9.69 Å². The first kappa shape index (κ1) is 16.9. The van der Waals surface area contributed by atoms with Gasteiger partial charge in [0.2, 0.25) is 5.91 Å². The van der Waals surface area contributed by atoms with Gasteiger partial charge in [-0.05, 0) is 24.6 Å². The molecular formula is C17H21FN4OS. The Bertz CT molecular complexity index is 662. The van der Waals surface area contributed by atoms with Gasteiger partial charge in [-0.25, -0.2) is 9.37 Å². The number of rotatable bonds is 5. The molecule has 1 aliphatic rings. The van der Waals surface area contributed by atoms with E-state index in [0.717, 1.165) is 30.3 Å². The van der Waals surface area contributed by atoms with Crippen LogP contribution in [-0.2, 0) is 11.3 Å². The van der Waals surface area contributed by atoms with Crippen molar-refractivity contribution in [2.75, 3.05) is 31.1 Å². The summed E-state index contributed by atoms with van der Waals surface area (Å²) in [6.45, 7) is 5.52. The molecule has 1 aromatic heterocycles. The number of hydrogen-bond acceptors (Lipinski definition) is 5. The summed E-state index contributed by atoms with van der Waals surface area (Å²) < 4.78 is 12.9. The van der Waals surface area contributed by atoms with E-state index in [9.17, 15) is 9.18 Å². The van der Waals surface area contributed by atoms with Crippen molar-refractivity contribution in [2.45, 2.75) is 19.5 Å². The van der Waals surface area contributed by atoms with Crippen LogP contribution in [0.4, 0.5) is 9.52 Å². The highest BCUT2D eigenvalue weighted by atomic mass is 32.1. The molecule has 1 amide bonds. The van der Waals surface area contributed by atoms with Crippen LogP contribution in [0.1, 0.15) is 12.5 Å². The number of nitrogens with one attached hydrogen (secondary N) is 1. The molecular weight excluding hydrogens is 327 g/mol. The number of halogens is 1. The second-order valence-electron chi connectivity index (χ2n) is 6.00. The summed E-state index contributed by atoms with van der Waals surface area (Å²) in [6, 6.07) is 6.51. The first-order chi connectivity index (χ1) is 11.6. The molecule has 0 aliphatic carbocycles. The SMILES string of the molecule is C[C@H]1CN(CC(=O)NCc2ccc(F)cc2)CCN1c1nccs1. The van der Waals surface area contributed by atoms with Crippen LogP contribution in [0.2, 0.25) is 0 Å². The third-order valence-electron chi connectivity index (χ3n) is 4.15. The summed E-state index contributed by atoms with van der Waals surface area (Å²) in [7, 11) is 0. The average Bonchev–Trinajstić information content (AvgIpc) is 3.09. The number of amides is 1. The van der Waals surface area contributed by atoms with Gasteiger partial charge in [-0.1, -0.05) is 12.1 Å². The number of anilines is 1. The molecule has 0 spiro atoms. The van der Waals surface area contributed by atoms with E-state index in [1.165, 1.54) is 12.1 Å². The molecule has 1 aliphatic heterocycles. The Morgan fingerprint density at radius 3 is 2.83 bits per heavy atom. The van der Waals surface area contributed by atoms with Crippen LogP contribution in [0.25, 0.3) is 0 Å². The van der Waals surface area contributed by atoms with Crippen LogP contribution in [0.15, 0.2) is 35.8 Å². The average molecular weight is 348 g/mol. The Balaban J connectivity index is 1.45. The molecule has 2 heterocycles. The van der Waals surface area contributed by atoms with E-state index in [0.29, 0.717) is 19.1 Å². The fourth-order valence-corrected chi connectivity index (χ4v) is 3.65. The molecule has 0 radical (unpaired) electrons. The molecule has 2 aromatic rings. The summed E-state index contributed by atoms with van der Waals surface area (Å²) in [6.07, 6.45) is 1.82. The van der Waals surface area contributed by atoms with Gasteiger partial charge in [-0.2, -0.15) is 0 Å². The summed E-state index contributed by atoms with van der Waals surface area (Å²) in [5.74, 6) is -0.272. The highest BCUT2D eigenvalue weighted by molar-refractivity contribution is 7.13. The maximum atomic E-state index is 12.9. The molecule has 0 saturated carbocycles. The normalized spacial score (nSPS) is 18.6. The van der Waals surface area contributed by atoms with E-state index in [-0.39, 0.29) is 11.7 Å². The minimum Gasteiger partial charge on any atom is -0.351 e. The van der Waals surface area contributed by atoms with Crippen molar-refractivity contribution < 1.29 is 9.18 Å². The minimum atomic E-state index is -0.267. The Morgan fingerprint density at radius 1 is 1.38 bits per heavy atom. The molecule has 1 atom stereocenters. The van der Waals surface area contributed by atoms with Crippen molar-refractivity contribution in [3.63, 3.8) is 0 Å². The lowest BCUT2D eigenvalue weighted by Gasteiger charge is -2.39. The van der Waals surface area contributed by atoms with Crippen molar-refractivity contribution in [2.24, 2.45) is 0 Å². The second kappa shape index (κ2) is 7.72. The van der Waals surface area contributed by atoms with Gasteiger partial charge >= 0.3 is 0 Å². The molecule has 1 saturated heterocycles. The lowest BCUT2D eigenvalue weighted by atomic mass is 10.2. The number of nitrogens with zero attached hydrogens (tertiary/aromatic N) is 3. The maximum Gasteiger partial charge on any atom is 0.234 e. The summed E-state index contributed by atoms with van der Waals surface area (Å²) in [5.41, 5.74) is 0.895.